The molecule has 1 aliphatic heterocycles. The molecule has 1 aromatic carbocycles. The van der Waals surface area contributed by atoms with Crippen molar-refractivity contribution in [3.05, 3.63) is 35.9 Å². The van der Waals surface area contributed by atoms with Crippen LogP contribution in [0, 0.1) is 11.8 Å². The Morgan fingerprint density at radius 3 is 2.79 bits per heavy atom. The Balaban J connectivity index is 1.88. The molecule has 3 heteroatoms. The van der Waals surface area contributed by atoms with Crippen molar-refractivity contribution in [2.24, 2.45) is 11.8 Å². The van der Waals surface area contributed by atoms with Crippen LogP contribution in [-0.2, 0) is 11.3 Å². The molecule has 0 aromatic heterocycles. The number of likely N-dealkylation sites (tertiary alicyclic amines) is 1. The summed E-state index contributed by atoms with van der Waals surface area (Å²) in [6.45, 7) is 3.07. The van der Waals surface area contributed by atoms with Crippen LogP contribution in [0.4, 0.5) is 0 Å². The normalized spacial score (nSPS) is 24.3. The van der Waals surface area contributed by atoms with E-state index in [4.69, 9.17) is 5.11 Å². The molecule has 1 heterocycles. The highest BCUT2D eigenvalue weighted by molar-refractivity contribution is 5.54. The molecule has 0 bridgehead atoms. The van der Waals surface area contributed by atoms with Gasteiger partial charge in [-0.15, -0.1) is 0 Å². The van der Waals surface area contributed by atoms with E-state index in [-0.39, 0.29) is 12.5 Å². The highest BCUT2D eigenvalue weighted by Gasteiger charge is 2.28. The van der Waals surface area contributed by atoms with Crippen LogP contribution in [0.3, 0.4) is 0 Å². The fourth-order valence-electron chi connectivity index (χ4n) is 2.95. The van der Waals surface area contributed by atoms with Gasteiger partial charge in [-0.3, -0.25) is 4.90 Å². The number of piperidine rings is 1. The molecule has 0 radical (unpaired) electrons. The number of hydrogen-bond donors (Lipinski definition) is 1. The minimum atomic E-state index is 0.129. The summed E-state index contributed by atoms with van der Waals surface area (Å²) in [5, 5.41) is 8.90. The Morgan fingerprint density at radius 2 is 2.11 bits per heavy atom. The van der Waals surface area contributed by atoms with Crippen molar-refractivity contribution in [2.75, 3.05) is 19.7 Å². The van der Waals surface area contributed by atoms with Crippen LogP contribution in [0.15, 0.2) is 30.3 Å². The molecule has 104 valence electrons. The van der Waals surface area contributed by atoms with E-state index in [1.165, 1.54) is 5.56 Å². The summed E-state index contributed by atoms with van der Waals surface area (Å²) in [7, 11) is 0. The summed E-state index contributed by atoms with van der Waals surface area (Å²) in [5.41, 5.74) is 1.31. The number of rotatable bonds is 6. The highest BCUT2D eigenvalue weighted by Crippen LogP contribution is 2.27. The van der Waals surface area contributed by atoms with E-state index in [0.717, 1.165) is 45.2 Å². The van der Waals surface area contributed by atoms with E-state index >= 15 is 0 Å². The van der Waals surface area contributed by atoms with E-state index in [0.29, 0.717) is 5.92 Å². The predicted octanol–water partition coefficient (Wildman–Crippen LogP) is 2.10. The fraction of sp³-hybridized carbons (Fsp3) is 0.562. The van der Waals surface area contributed by atoms with Crippen LogP contribution < -0.4 is 0 Å². The van der Waals surface area contributed by atoms with Crippen molar-refractivity contribution in [2.45, 2.75) is 25.8 Å². The second-order valence-electron chi connectivity index (χ2n) is 5.44. The third kappa shape index (κ3) is 4.15. The first-order valence-electron chi connectivity index (χ1n) is 7.16. The molecular weight excluding hydrogens is 238 g/mol. The summed E-state index contributed by atoms with van der Waals surface area (Å²) >= 11 is 0. The first-order chi connectivity index (χ1) is 9.33. The lowest BCUT2D eigenvalue weighted by atomic mass is 9.83. The van der Waals surface area contributed by atoms with Gasteiger partial charge in [0.05, 0.1) is 0 Å². The van der Waals surface area contributed by atoms with E-state index in [2.05, 4.69) is 29.2 Å². The molecule has 0 amide bonds. The van der Waals surface area contributed by atoms with Gasteiger partial charge in [0.1, 0.15) is 6.29 Å². The van der Waals surface area contributed by atoms with E-state index in [1.807, 2.05) is 6.07 Å². The van der Waals surface area contributed by atoms with Crippen molar-refractivity contribution >= 4 is 6.29 Å². The van der Waals surface area contributed by atoms with E-state index in [9.17, 15) is 4.79 Å². The third-order valence-corrected chi connectivity index (χ3v) is 4.05. The molecule has 1 N–H and O–H groups in total. The van der Waals surface area contributed by atoms with Gasteiger partial charge in [-0.05, 0) is 37.3 Å². The van der Waals surface area contributed by atoms with Gasteiger partial charge in [-0.25, -0.2) is 0 Å². The summed E-state index contributed by atoms with van der Waals surface area (Å²) in [4.78, 5) is 13.6. The Morgan fingerprint density at radius 1 is 1.32 bits per heavy atom. The minimum absolute atomic E-state index is 0.129. The Kier molecular flexibility index (Phi) is 5.55. The Labute approximate surface area is 115 Å². The predicted molar refractivity (Wildman–Crippen MR) is 75.7 cm³/mol. The van der Waals surface area contributed by atoms with Gasteiger partial charge in [0, 0.05) is 25.6 Å². The number of aliphatic hydroxyl groups excluding tert-OH is 1. The molecule has 19 heavy (non-hydrogen) atoms. The molecule has 2 rings (SSSR count). The van der Waals surface area contributed by atoms with Crippen LogP contribution >= 0.6 is 0 Å². The lowest BCUT2D eigenvalue weighted by Crippen LogP contribution is -2.40. The van der Waals surface area contributed by atoms with E-state index < -0.39 is 0 Å². The zero-order valence-corrected chi connectivity index (χ0v) is 11.4. The highest BCUT2D eigenvalue weighted by atomic mass is 16.2. The van der Waals surface area contributed by atoms with Crippen molar-refractivity contribution in [3.63, 3.8) is 0 Å². The number of nitrogens with zero attached hydrogens (tertiary/aromatic N) is 1. The maximum absolute atomic E-state index is 11.2. The molecular formula is C16H23NO2. The Bertz CT molecular complexity index is 380. The quantitative estimate of drug-likeness (QED) is 0.797. The second kappa shape index (κ2) is 7.41. The van der Waals surface area contributed by atoms with Crippen LogP contribution in [0.25, 0.3) is 0 Å². The summed E-state index contributed by atoms with van der Waals surface area (Å²) in [5.74, 6) is 0.584. The number of benzene rings is 1. The minimum Gasteiger partial charge on any atom is -0.396 e. The summed E-state index contributed by atoms with van der Waals surface area (Å²) < 4.78 is 0. The van der Waals surface area contributed by atoms with Crippen molar-refractivity contribution in [3.8, 4) is 0 Å². The van der Waals surface area contributed by atoms with Crippen LogP contribution in [0.2, 0.25) is 0 Å². The van der Waals surface area contributed by atoms with Gasteiger partial charge in [-0.1, -0.05) is 30.3 Å². The number of carbonyl (C=O) groups excluding carboxylic acids is 1. The SMILES string of the molecule is O=CC1CN(Cc2ccccc2)CCC1CCCO. The molecule has 1 aliphatic rings. The van der Waals surface area contributed by atoms with E-state index in [1.54, 1.807) is 0 Å². The standard InChI is InChI=1S/C16H23NO2/c18-10-4-7-15-8-9-17(12-16(15)13-19)11-14-5-2-1-3-6-14/h1-3,5-6,13,15-16,18H,4,7-12H2. The molecule has 0 spiro atoms. The number of aliphatic hydroxyl groups is 1. The first-order valence-corrected chi connectivity index (χ1v) is 7.16. The molecule has 1 saturated heterocycles. The number of aldehydes is 1. The lowest BCUT2D eigenvalue weighted by molar-refractivity contribution is -0.114. The molecule has 0 aliphatic carbocycles. The first kappa shape index (κ1) is 14.2. The van der Waals surface area contributed by atoms with Gasteiger partial charge in [0.2, 0.25) is 0 Å². The zero-order valence-electron chi connectivity index (χ0n) is 11.4. The second-order valence-corrected chi connectivity index (χ2v) is 5.44. The molecule has 2 unspecified atom stereocenters. The molecule has 3 nitrogen and oxygen atoms in total. The third-order valence-electron chi connectivity index (χ3n) is 4.05. The van der Waals surface area contributed by atoms with Gasteiger partial charge in [0.25, 0.3) is 0 Å². The maximum Gasteiger partial charge on any atom is 0.124 e. The van der Waals surface area contributed by atoms with Gasteiger partial charge < -0.3 is 9.90 Å². The average Bonchev–Trinajstić information content (AvgIpc) is 2.47. The van der Waals surface area contributed by atoms with Crippen molar-refractivity contribution in [1.29, 1.82) is 0 Å². The topological polar surface area (TPSA) is 40.5 Å². The average molecular weight is 261 g/mol. The van der Waals surface area contributed by atoms with Crippen molar-refractivity contribution in [1.82, 2.24) is 4.90 Å². The lowest BCUT2D eigenvalue weighted by Gasteiger charge is -2.36. The number of hydrogen-bond acceptors (Lipinski definition) is 3. The molecule has 0 saturated carbocycles. The Hall–Kier alpha value is -1.19. The van der Waals surface area contributed by atoms with Crippen molar-refractivity contribution < 1.29 is 9.90 Å². The number of carbonyl (C=O) groups is 1. The van der Waals surface area contributed by atoms with Gasteiger partial charge >= 0.3 is 0 Å². The summed E-state index contributed by atoms with van der Waals surface area (Å²) in [6, 6.07) is 10.4. The monoisotopic (exact) mass is 261 g/mol. The van der Waals surface area contributed by atoms with Crippen LogP contribution in [0.1, 0.15) is 24.8 Å². The molecule has 2 atom stereocenters. The van der Waals surface area contributed by atoms with Crippen LogP contribution in [-0.4, -0.2) is 36.0 Å². The smallest absolute Gasteiger partial charge is 0.124 e. The zero-order chi connectivity index (χ0) is 13.5. The van der Waals surface area contributed by atoms with Crippen LogP contribution in [0.5, 0.6) is 0 Å². The largest absolute Gasteiger partial charge is 0.396 e. The molecule has 1 fully saturated rings. The van der Waals surface area contributed by atoms with Gasteiger partial charge in [-0.2, -0.15) is 0 Å². The molecule has 1 aromatic rings. The fourth-order valence-corrected chi connectivity index (χ4v) is 2.95. The van der Waals surface area contributed by atoms with Gasteiger partial charge in [0.15, 0.2) is 0 Å². The summed E-state index contributed by atoms with van der Waals surface area (Å²) in [6.07, 6.45) is 3.96. The maximum atomic E-state index is 11.2.